The lowest BCUT2D eigenvalue weighted by Gasteiger charge is -1.81. The molecule has 0 N–H and O–H groups in total. The second-order valence-electron chi connectivity index (χ2n) is 7.63. The lowest BCUT2D eigenvalue weighted by molar-refractivity contribution is 0.714. The van der Waals surface area contributed by atoms with Crippen LogP contribution >= 0.6 is 0 Å². The third kappa shape index (κ3) is 13.1. The highest BCUT2D eigenvalue weighted by atomic mass is 15.4. The zero-order valence-electron chi connectivity index (χ0n) is 24.3. The van der Waals surface area contributed by atoms with Gasteiger partial charge in [0.2, 0.25) is 0 Å². The molecule has 42 heavy (non-hydrogen) atoms. The van der Waals surface area contributed by atoms with E-state index in [0.29, 0.717) is 18.8 Å². The zero-order valence-corrected chi connectivity index (χ0v) is 24.3. The number of aromatic nitrogens is 15. The predicted molar refractivity (Wildman–Crippen MR) is 150 cm³/mol. The van der Waals surface area contributed by atoms with Gasteiger partial charge in [-0.05, 0) is 17.0 Å². The van der Waals surface area contributed by atoms with Crippen LogP contribution in [0, 0.1) is 12.3 Å². The van der Waals surface area contributed by atoms with Crippen LogP contribution in [0.3, 0.4) is 0 Å². The van der Waals surface area contributed by atoms with Crippen molar-refractivity contribution in [3.8, 4) is 35.1 Å². The summed E-state index contributed by atoms with van der Waals surface area (Å²) in [6.45, 7) is 4.69. The molecule has 0 spiro atoms. The van der Waals surface area contributed by atoms with E-state index in [0.717, 1.165) is 22.8 Å². The van der Waals surface area contributed by atoms with Crippen molar-refractivity contribution in [1.29, 1.82) is 0 Å². The van der Waals surface area contributed by atoms with Gasteiger partial charge in [-0.15, -0.1) is 31.9 Å². The molecular weight excluding hydrogens is 546 g/mol. The molecule has 5 heterocycles. The highest BCUT2D eigenvalue weighted by Crippen LogP contribution is 2.10. The number of hydrogen-bond acceptors (Lipinski definition) is 12. The lowest BCUT2D eigenvalue weighted by atomic mass is 10.4. The minimum atomic E-state index is 0.552. The molecule has 220 valence electrons. The van der Waals surface area contributed by atoms with Gasteiger partial charge in [0.15, 0.2) is 5.69 Å². The molecule has 0 atom stereocenters. The summed E-state index contributed by atoms with van der Waals surface area (Å²) < 4.78 is 8.08. The van der Waals surface area contributed by atoms with Crippen LogP contribution in [0.5, 0.6) is 0 Å². The number of nitrogens with zero attached hydrogens (tertiary/aromatic N) is 21. The Morgan fingerprint density at radius 3 is 1.00 bits per heavy atom. The van der Waals surface area contributed by atoms with Gasteiger partial charge >= 0.3 is 0 Å². The molecule has 0 saturated heterocycles. The number of azide groups is 2. The van der Waals surface area contributed by atoms with Crippen molar-refractivity contribution in [2.75, 3.05) is 13.1 Å². The average molecular weight is 578 g/mol. The first-order valence-corrected chi connectivity index (χ1v) is 12.0. The Balaban J connectivity index is 0.000000277. The normalized spacial score (nSPS) is 9.00. The summed E-state index contributed by atoms with van der Waals surface area (Å²) in [5.41, 5.74) is 18.6. The maximum atomic E-state index is 7.52. The third-order valence-corrected chi connectivity index (χ3v) is 4.10. The summed E-state index contributed by atoms with van der Waals surface area (Å²) in [7, 11) is 9.02. The van der Waals surface area contributed by atoms with E-state index in [1.807, 2.05) is 28.2 Å². The van der Waals surface area contributed by atoms with Gasteiger partial charge in [0.05, 0.1) is 31.0 Å². The molecule has 0 bridgehead atoms. The van der Waals surface area contributed by atoms with Crippen molar-refractivity contribution in [3.63, 3.8) is 0 Å². The van der Waals surface area contributed by atoms with Crippen LogP contribution in [0.2, 0.25) is 0 Å². The number of rotatable bonds is 4. The summed E-state index contributed by atoms with van der Waals surface area (Å²) in [6.07, 6.45) is 13.9. The molecule has 0 unspecified atom stereocenters. The van der Waals surface area contributed by atoms with E-state index in [9.17, 15) is 0 Å². The third-order valence-electron chi connectivity index (χ3n) is 4.10. The van der Waals surface area contributed by atoms with Crippen molar-refractivity contribution in [2.45, 2.75) is 13.8 Å². The maximum Gasteiger partial charge on any atom is 0.155 e. The summed E-state index contributed by atoms with van der Waals surface area (Å²) in [6, 6.07) is 0. The summed E-state index contributed by atoms with van der Waals surface area (Å²) >= 11 is 0. The molecular formula is C21H31N21. The van der Waals surface area contributed by atoms with E-state index in [4.69, 9.17) is 17.5 Å². The fraction of sp³-hybridized carbons (Fsp3) is 0.429. The SMILES string of the molecule is C#Cc1cn(C)nn1.CCN=[N+]=[N-].CCN=[N+]=[N-].Cn1cc(-c2cn(C)nn2)nn1.Cn1cc(-c2cn(C)nn2)nn1. The van der Waals surface area contributed by atoms with E-state index >= 15 is 0 Å². The number of terminal acetylenes is 1. The molecule has 0 amide bonds. The molecule has 0 aromatic carbocycles. The van der Waals surface area contributed by atoms with Crippen LogP contribution in [0.1, 0.15) is 19.5 Å². The van der Waals surface area contributed by atoms with E-state index in [1.165, 1.54) is 0 Å². The van der Waals surface area contributed by atoms with Gasteiger partial charge in [-0.3, -0.25) is 23.4 Å². The van der Waals surface area contributed by atoms with Crippen molar-refractivity contribution < 1.29 is 0 Å². The second kappa shape index (κ2) is 19.0. The molecule has 5 aromatic rings. The molecule has 21 heteroatoms. The number of hydrogen-bond donors (Lipinski definition) is 0. The molecule has 0 aliphatic rings. The van der Waals surface area contributed by atoms with Gasteiger partial charge in [-0.2, -0.15) is 0 Å². The van der Waals surface area contributed by atoms with E-state index in [2.05, 4.69) is 77.5 Å². The lowest BCUT2D eigenvalue weighted by Crippen LogP contribution is -1.85. The van der Waals surface area contributed by atoms with E-state index in [1.54, 1.807) is 75.3 Å². The van der Waals surface area contributed by atoms with Gasteiger partial charge < -0.3 is 0 Å². The first-order valence-electron chi connectivity index (χ1n) is 12.0. The maximum absolute atomic E-state index is 7.52. The Morgan fingerprint density at radius 1 is 0.595 bits per heavy atom. The predicted octanol–water partition coefficient (Wildman–Crippen LogP) is 1.65. The summed E-state index contributed by atoms with van der Waals surface area (Å²) in [4.78, 5) is 4.96. The molecule has 0 fully saturated rings. The van der Waals surface area contributed by atoms with E-state index in [-0.39, 0.29) is 0 Å². The quantitative estimate of drug-likeness (QED) is 0.129. The van der Waals surface area contributed by atoms with Crippen molar-refractivity contribution in [1.82, 2.24) is 75.0 Å². The van der Waals surface area contributed by atoms with Crippen molar-refractivity contribution in [3.05, 3.63) is 57.6 Å². The van der Waals surface area contributed by atoms with Crippen molar-refractivity contribution in [2.24, 2.45) is 45.5 Å². The van der Waals surface area contributed by atoms with Crippen LogP contribution in [-0.4, -0.2) is 88.1 Å². The van der Waals surface area contributed by atoms with Gasteiger partial charge in [-0.25, -0.2) is 0 Å². The van der Waals surface area contributed by atoms with Gasteiger partial charge in [0.1, 0.15) is 22.8 Å². The summed E-state index contributed by atoms with van der Waals surface area (Å²) in [5.74, 6) is 2.35. The molecule has 0 saturated carbocycles. The Labute approximate surface area is 240 Å². The molecule has 0 aliphatic heterocycles. The van der Waals surface area contributed by atoms with Gasteiger partial charge in [0.25, 0.3) is 0 Å². The Kier molecular flexibility index (Phi) is 15.4. The average Bonchev–Trinajstić information content (AvgIpc) is 3.80. The fourth-order valence-corrected chi connectivity index (χ4v) is 2.40. The molecule has 5 rings (SSSR count). The van der Waals surface area contributed by atoms with Gasteiger partial charge in [-0.1, -0.05) is 50.1 Å². The fourth-order valence-electron chi connectivity index (χ4n) is 2.40. The minimum Gasteiger partial charge on any atom is -0.255 e. The Morgan fingerprint density at radius 2 is 0.881 bits per heavy atom. The van der Waals surface area contributed by atoms with Crippen molar-refractivity contribution >= 4 is 0 Å². The molecule has 21 nitrogen and oxygen atoms in total. The number of aryl methyl sites for hydroxylation is 5. The second-order valence-corrected chi connectivity index (χ2v) is 7.63. The van der Waals surface area contributed by atoms with E-state index < -0.39 is 0 Å². The van der Waals surface area contributed by atoms with Crippen LogP contribution in [0.15, 0.2) is 41.2 Å². The summed E-state index contributed by atoms with van der Waals surface area (Å²) in [5, 5.41) is 44.3. The topological polar surface area (TPSA) is 251 Å². The monoisotopic (exact) mass is 577 g/mol. The van der Waals surface area contributed by atoms with Gasteiger partial charge in [0, 0.05) is 58.2 Å². The highest BCUT2D eigenvalue weighted by Gasteiger charge is 2.06. The smallest absolute Gasteiger partial charge is 0.155 e. The first kappa shape index (κ1) is 33.9. The largest absolute Gasteiger partial charge is 0.255 e. The Bertz CT molecular complexity index is 1420. The first-order chi connectivity index (χ1) is 20.2. The van der Waals surface area contributed by atoms with Crippen LogP contribution < -0.4 is 0 Å². The zero-order chi connectivity index (χ0) is 31.3. The van der Waals surface area contributed by atoms with Crippen LogP contribution in [0.4, 0.5) is 0 Å². The molecule has 5 aromatic heterocycles. The highest BCUT2D eigenvalue weighted by molar-refractivity contribution is 5.50. The molecule has 0 aliphatic carbocycles. The van der Waals surface area contributed by atoms with Crippen LogP contribution in [-0.2, 0) is 35.2 Å². The minimum absolute atomic E-state index is 0.552. The molecule has 0 radical (unpaired) electrons. The Hall–Kier alpha value is -6.12. The van der Waals surface area contributed by atoms with Crippen LogP contribution in [0.25, 0.3) is 43.7 Å². The standard InChI is InChI=1S/2C6H8N6.C5H5N3.2C2H5N3/c2*1-11-3-5(7-9-11)6-4-12(2)10-8-6;1-3-5-4-8(2)7-6-5;2*1-2-4-5-3/h2*3-4H,1-2H3;1,4H,2H3;2*2H2,1H3.